The second-order valence-corrected chi connectivity index (χ2v) is 7.26. The largest absolute Gasteiger partial charge is 0.497 e. The molecule has 6 heteroatoms. The number of nitrogens with one attached hydrogen (secondary N) is 3. The smallest absolute Gasteiger partial charge is 0.304 e. The summed E-state index contributed by atoms with van der Waals surface area (Å²) >= 11 is 0. The fourth-order valence-electron chi connectivity index (χ4n) is 3.57. The van der Waals surface area contributed by atoms with Gasteiger partial charge in [0.1, 0.15) is 5.75 Å². The van der Waals surface area contributed by atoms with Gasteiger partial charge in [-0.1, -0.05) is 30.3 Å². The van der Waals surface area contributed by atoms with Crippen molar-refractivity contribution < 1.29 is 14.6 Å². The summed E-state index contributed by atoms with van der Waals surface area (Å²) in [5.74, 6) is 0.0540. The Morgan fingerprint density at radius 3 is 2.55 bits per heavy atom. The number of para-hydroxylation sites is 1. The third-order valence-corrected chi connectivity index (χ3v) is 5.19. The van der Waals surface area contributed by atoms with Crippen LogP contribution in [0.25, 0.3) is 10.9 Å². The van der Waals surface area contributed by atoms with E-state index in [1.165, 1.54) is 5.56 Å². The number of H-pyrrole nitrogens is 1. The van der Waals surface area contributed by atoms with Gasteiger partial charge in [0, 0.05) is 42.3 Å². The van der Waals surface area contributed by atoms with Gasteiger partial charge in [-0.25, -0.2) is 0 Å². The van der Waals surface area contributed by atoms with Crippen molar-refractivity contribution in [1.82, 2.24) is 15.6 Å². The number of ether oxygens (including phenoxy) is 1. The average Bonchev–Trinajstić information content (AvgIpc) is 3.13. The minimum atomic E-state index is -0.790. The molecule has 29 heavy (non-hydrogen) atoms. The topological polar surface area (TPSA) is 86.4 Å². The van der Waals surface area contributed by atoms with Gasteiger partial charge in [-0.15, -0.1) is 0 Å². The summed E-state index contributed by atoms with van der Waals surface area (Å²) in [5.41, 5.74) is 3.40. The standard InChI is InChI=1S/C23H29N3O3/c1-16(17-7-9-20(29-2)10-8-17)24-11-12-25-19(14-23(27)28)13-18-15-26-22-6-4-3-5-21(18)22/h3-10,15-16,19,24-26H,11-14H2,1-2H3,(H,27,28)/t16?,19-/m0/s1. The van der Waals surface area contributed by atoms with Crippen molar-refractivity contribution in [1.29, 1.82) is 0 Å². The molecule has 2 atom stereocenters. The van der Waals surface area contributed by atoms with Gasteiger partial charge in [0.2, 0.25) is 0 Å². The molecule has 4 N–H and O–H groups in total. The number of hydrogen-bond donors (Lipinski definition) is 4. The quantitative estimate of drug-likeness (QED) is 0.373. The van der Waals surface area contributed by atoms with Crippen LogP contribution in [0.4, 0.5) is 0 Å². The predicted molar refractivity (Wildman–Crippen MR) is 115 cm³/mol. The van der Waals surface area contributed by atoms with Crippen molar-refractivity contribution in [2.45, 2.75) is 31.8 Å². The third-order valence-electron chi connectivity index (χ3n) is 5.19. The number of benzene rings is 2. The maximum absolute atomic E-state index is 11.3. The normalized spacial score (nSPS) is 13.3. The SMILES string of the molecule is COc1ccc(C(C)NCCN[C@H](CC(=O)O)Cc2c[nH]c3ccccc23)cc1. The highest BCUT2D eigenvalue weighted by molar-refractivity contribution is 5.83. The number of fused-ring (bicyclic) bond motifs is 1. The van der Waals surface area contributed by atoms with Gasteiger partial charge in [0.25, 0.3) is 0 Å². The van der Waals surface area contributed by atoms with Crippen molar-refractivity contribution in [3.05, 3.63) is 65.9 Å². The lowest BCUT2D eigenvalue weighted by Gasteiger charge is -2.19. The Hall–Kier alpha value is -2.83. The molecule has 0 aliphatic rings. The molecule has 3 aromatic rings. The van der Waals surface area contributed by atoms with E-state index in [-0.39, 0.29) is 18.5 Å². The summed E-state index contributed by atoms with van der Waals surface area (Å²) < 4.78 is 5.19. The maximum Gasteiger partial charge on any atom is 0.304 e. The Labute approximate surface area is 171 Å². The van der Waals surface area contributed by atoms with Crippen molar-refractivity contribution in [2.24, 2.45) is 0 Å². The molecule has 6 nitrogen and oxygen atoms in total. The molecule has 3 rings (SSSR count). The molecule has 1 heterocycles. The van der Waals surface area contributed by atoms with Gasteiger partial charge in [-0.3, -0.25) is 4.79 Å². The number of aromatic nitrogens is 1. The monoisotopic (exact) mass is 395 g/mol. The minimum absolute atomic E-state index is 0.0908. The second kappa shape index (κ2) is 10.1. The molecular formula is C23H29N3O3. The maximum atomic E-state index is 11.3. The number of carboxylic acids is 1. The van der Waals surface area contributed by atoms with Crippen LogP contribution in [0.2, 0.25) is 0 Å². The number of hydrogen-bond acceptors (Lipinski definition) is 4. The number of aliphatic carboxylic acids is 1. The molecule has 0 saturated carbocycles. The predicted octanol–water partition coefficient (Wildman–Crippen LogP) is 3.50. The zero-order chi connectivity index (χ0) is 20.6. The molecule has 0 amide bonds. The van der Waals surface area contributed by atoms with E-state index >= 15 is 0 Å². The first-order valence-corrected chi connectivity index (χ1v) is 9.94. The highest BCUT2D eigenvalue weighted by Crippen LogP contribution is 2.20. The third kappa shape index (κ3) is 5.82. The van der Waals surface area contributed by atoms with E-state index in [1.54, 1.807) is 7.11 Å². The molecule has 0 aliphatic carbocycles. The summed E-state index contributed by atoms with van der Waals surface area (Å²) in [4.78, 5) is 14.6. The number of carbonyl (C=O) groups is 1. The highest BCUT2D eigenvalue weighted by atomic mass is 16.5. The molecule has 1 unspecified atom stereocenters. The molecule has 0 aliphatic heterocycles. The molecule has 0 radical (unpaired) electrons. The molecule has 0 saturated heterocycles. The van der Waals surface area contributed by atoms with Gasteiger partial charge in [-0.05, 0) is 42.7 Å². The van der Waals surface area contributed by atoms with Crippen molar-refractivity contribution >= 4 is 16.9 Å². The average molecular weight is 396 g/mol. The van der Waals surface area contributed by atoms with Crippen LogP contribution in [0.3, 0.4) is 0 Å². The zero-order valence-electron chi connectivity index (χ0n) is 16.9. The molecule has 0 spiro atoms. The highest BCUT2D eigenvalue weighted by Gasteiger charge is 2.16. The Kier molecular flexibility index (Phi) is 7.27. The number of rotatable bonds is 11. The van der Waals surface area contributed by atoms with E-state index < -0.39 is 5.97 Å². The van der Waals surface area contributed by atoms with Gasteiger partial charge in [0.15, 0.2) is 0 Å². The number of carboxylic acid groups (broad SMARTS) is 1. The molecule has 154 valence electrons. The van der Waals surface area contributed by atoms with Crippen LogP contribution in [-0.4, -0.2) is 42.3 Å². The van der Waals surface area contributed by atoms with E-state index in [0.717, 1.165) is 28.8 Å². The van der Waals surface area contributed by atoms with Crippen molar-refractivity contribution in [3.8, 4) is 5.75 Å². The van der Waals surface area contributed by atoms with Crippen LogP contribution in [0.15, 0.2) is 54.7 Å². The van der Waals surface area contributed by atoms with Crippen molar-refractivity contribution in [3.63, 3.8) is 0 Å². The van der Waals surface area contributed by atoms with Crippen LogP contribution in [-0.2, 0) is 11.2 Å². The van der Waals surface area contributed by atoms with E-state index in [2.05, 4.69) is 28.6 Å². The number of methoxy groups -OCH3 is 1. The Balaban J connectivity index is 1.51. The lowest BCUT2D eigenvalue weighted by Crippen LogP contribution is -2.38. The van der Waals surface area contributed by atoms with Gasteiger partial charge in [0.05, 0.1) is 13.5 Å². The Morgan fingerprint density at radius 1 is 1.10 bits per heavy atom. The first kappa shape index (κ1) is 20.9. The van der Waals surface area contributed by atoms with Crippen LogP contribution >= 0.6 is 0 Å². The lowest BCUT2D eigenvalue weighted by molar-refractivity contribution is -0.137. The van der Waals surface area contributed by atoms with Gasteiger partial charge < -0.3 is 25.5 Å². The first-order chi connectivity index (χ1) is 14.1. The summed E-state index contributed by atoms with van der Waals surface area (Å²) in [6.07, 6.45) is 2.74. The summed E-state index contributed by atoms with van der Waals surface area (Å²) in [7, 11) is 1.66. The Bertz CT molecular complexity index is 921. The molecular weight excluding hydrogens is 366 g/mol. The molecule has 2 aromatic carbocycles. The van der Waals surface area contributed by atoms with Crippen LogP contribution in [0, 0.1) is 0 Å². The van der Waals surface area contributed by atoms with Crippen molar-refractivity contribution in [2.75, 3.05) is 20.2 Å². The summed E-state index contributed by atoms with van der Waals surface area (Å²) in [6.45, 7) is 3.56. The summed E-state index contributed by atoms with van der Waals surface area (Å²) in [5, 5.41) is 17.3. The van der Waals surface area contributed by atoms with Crippen LogP contribution in [0.5, 0.6) is 5.75 Å². The summed E-state index contributed by atoms with van der Waals surface area (Å²) in [6, 6.07) is 16.2. The van der Waals surface area contributed by atoms with E-state index in [9.17, 15) is 9.90 Å². The fourth-order valence-corrected chi connectivity index (χ4v) is 3.57. The van der Waals surface area contributed by atoms with E-state index in [1.807, 2.05) is 48.7 Å². The van der Waals surface area contributed by atoms with Crippen LogP contribution in [0.1, 0.15) is 30.5 Å². The Morgan fingerprint density at radius 2 is 1.83 bits per heavy atom. The molecule has 0 bridgehead atoms. The van der Waals surface area contributed by atoms with Gasteiger partial charge in [-0.2, -0.15) is 0 Å². The first-order valence-electron chi connectivity index (χ1n) is 9.94. The van der Waals surface area contributed by atoms with Crippen LogP contribution < -0.4 is 15.4 Å². The molecule has 0 fully saturated rings. The van der Waals surface area contributed by atoms with E-state index in [0.29, 0.717) is 13.0 Å². The fraction of sp³-hybridized carbons (Fsp3) is 0.348. The lowest BCUT2D eigenvalue weighted by atomic mass is 10.0. The van der Waals surface area contributed by atoms with Gasteiger partial charge >= 0.3 is 5.97 Å². The van der Waals surface area contributed by atoms with E-state index in [4.69, 9.17) is 4.74 Å². The number of aromatic amines is 1. The molecule has 1 aromatic heterocycles. The zero-order valence-corrected chi connectivity index (χ0v) is 16.9. The second-order valence-electron chi connectivity index (χ2n) is 7.26. The minimum Gasteiger partial charge on any atom is -0.497 e.